The van der Waals surface area contributed by atoms with Gasteiger partial charge in [0.2, 0.25) is 0 Å². The Labute approximate surface area is 108 Å². The minimum absolute atomic E-state index is 0.115. The van der Waals surface area contributed by atoms with E-state index in [1.165, 1.54) is 4.31 Å². The monoisotopic (exact) mass is 278 g/mol. The van der Waals surface area contributed by atoms with E-state index in [1.807, 2.05) is 0 Å². The minimum atomic E-state index is -3.37. The van der Waals surface area contributed by atoms with Gasteiger partial charge < -0.3 is 10.9 Å². The van der Waals surface area contributed by atoms with Gasteiger partial charge in [0.15, 0.2) is 0 Å². The summed E-state index contributed by atoms with van der Waals surface area (Å²) in [5.74, 6) is 0.115. The third-order valence-electron chi connectivity index (χ3n) is 2.93. The fourth-order valence-corrected chi connectivity index (χ4v) is 3.22. The summed E-state index contributed by atoms with van der Waals surface area (Å²) in [5, 5.41) is 11.2. The second kappa shape index (κ2) is 7.55. The van der Waals surface area contributed by atoms with Crippen molar-refractivity contribution in [3.8, 4) is 0 Å². The van der Waals surface area contributed by atoms with Crippen LogP contribution in [0.5, 0.6) is 0 Å². The van der Waals surface area contributed by atoms with E-state index >= 15 is 0 Å². The van der Waals surface area contributed by atoms with Crippen molar-refractivity contribution in [2.45, 2.75) is 38.5 Å². The molecule has 0 unspecified atom stereocenters. The molecule has 18 heavy (non-hydrogen) atoms. The number of hydrogen-bond acceptors (Lipinski definition) is 4. The molecule has 0 aliphatic carbocycles. The molecule has 0 radical (unpaired) electrons. The van der Waals surface area contributed by atoms with Gasteiger partial charge in [-0.3, -0.25) is 0 Å². The number of oxime groups is 1. The molecule has 0 spiro atoms. The Morgan fingerprint density at radius 3 is 2.44 bits per heavy atom. The molecule has 1 fully saturated rings. The molecular formula is C10H22N4O3S. The van der Waals surface area contributed by atoms with Crippen LogP contribution in [-0.4, -0.2) is 43.4 Å². The quantitative estimate of drug-likeness (QED) is 0.212. The van der Waals surface area contributed by atoms with Crippen LogP contribution in [-0.2, 0) is 10.2 Å². The smallest absolute Gasteiger partial charge is 0.279 e. The Morgan fingerprint density at radius 1 is 1.28 bits per heavy atom. The standard InChI is InChI=1S/C10H22N4O3S/c11-10(13-15)6-5-7-12-18(16,17)14-8-3-1-2-4-9-14/h12,15H,1-9H2,(H2,11,13). The van der Waals surface area contributed by atoms with Crippen molar-refractivity contribution >= 4 is 16.0 Å². The molecule has 1 heterocycles. The maximum absolute atomic E-state index is 12.0. The number of rotatable bonds is 6. The first-order valence-corrected chi connectivity index (χ1v) is 7.71. The lowest BCUT2D eigenvalue weighted by Gasteiger charge is -2.20. The molecule has 0 atom stereocenters. The van der Waals surface area contributed by atoms with E-state index in [1.54, 1.807) is 0 Å². The highest BCUT2D eigenvalue weighted by atomic mass is 32.2. The fraction of sp³-hybridized carbons (Fsp3) is 0.900. The van der Waals surface area contributed by atoms with Crippen LogP contribution in [0.25, 0.3) is 0 Å². The number of hydrogen-bond donors (Lipinski definition) is 3. The predicted molar refractivity (Wildman–Crippen MR) is 69.6 cm³/mol. The van der Waals surface area contributed by atoms with Crippen molar-refractivity contribution in [2.75, 3.05) is 19.6 Å². The van der Waals surface area contributed by atoms with Crippen molar-refractivity contribution in [1.29, 1.82) is 0 Å². The van der Waals surface area contributed by atoms with Gasteiger partial charge in [0, 0.05) is 26.1 Å². The second-order valence-electron chi connectivity index (χ2n) is 4.41. The summed E-state index contributed by atoms with van der Waals surface area (Å²) in [7, 11) is -3.37. The molecule has 4 N–H and O–H groups in total. The van der Waals surface area contributed by atoms with Crippen LogP contribution in [0.3, 0.4) is 0 Å². The molecule has 0 aromatic rings. The average Bonchev–Trinajstić information content (AvgIpc) is 2.63. The zero-order valence-corrected chi connectivity index (χ0v) is 11.3. The maximum atomic E-state index is 12.0. The van der Waals surface area contributed by atoms with E-state index in [0.717, 1.165) is 25.7 Å². The molecule has 0 saturated carbocycles. The molecular weight excluding hydrogens is 256 g/mol. The molecule has 0 bridgehead atoms. The average molecular weight is 278 g/mol. The van der Waals surface area contributed by atoms with E-state index in [9.17, 15) is 8.42 Å². The number of nitrogens with two attached hydrogens (primary N) is 1. The maximum Gasteiger partial charge on any atom is 0.279 e. The van der Waals surface area contributed by atoms with Crippen molar-refractivity contribution in [2.24, 2.45) is 10.9 Å². The summed E-state index contributed by atoms with van der Waals surface area (Å²) >= 11 is 0. The number of nitrogens with one attached hydrogen (secondary N) is 1. The van der Waals surface area contributed by atoms with Gasteiger partial charge in [-0.2, -0.15) is 12.7 Å². The molecule has 0 aromatic heterocycles. The molecule has 1 rings (SSSR count). The molecule has 1 aliphatic heterocycles. The first-order chi connectivity index (χ1) is 8.56. The highest BCUT2D eigenvalue weighted by molar-refractivity contribution is 7.87. The van der Waals surface area contributed by atoms with E-state index in [0.29, 0.717) is 32.5 Å². The number of amidine groups is 1. The Kier molecular flexibility index (Phi) is 6.37. The highest BCUT2D eigenvalue weighted by Gasteiger charge is 2.21. The van der Waals surface area contributed by atoms with Gasteiger partial charge >= 0.3 is 0 Å². The summed E-state index contributed by atoms with van der Waals surface area (Å²) in [5.41, 5.74) is 5.30. The zero-order chi connectivity index (χ0) is 13.4. The topological polar surface area (TPSA) is 108 Å². The zero-order valence-electron chi connectivity index (χ0n) is 10.5. The van der Waals surface area contributed by atoms with Gasteiger partial charge in [0.05, 0.1) is 0 Å². The molecule has 106 valence electrons. The van der Waals surface area contributed by atoms with E-state index in [4.69, 9.17) is 10.9 Å². The lowest BCUT2D eigenvalue weighted by atomic mass is 10.2. The summed E-state index contributed by atoms with van der Waals surface area (Å²) in [4.78, 5) is 0. The predicted octanol–water partition coefficient (Wildman–Crippen LogP) is 0.223. The molecule has 7 nitrogen and oxygen atoms in total. The van der Waals surface area contributed by atoms with E-state index in [2.05, 4.69) is 9.88 Å². The van der Waals surface area contributed by atoms with Crippen molar-refractivity contribution in [1.82, 2.24) is 9.03 Å². The second-order valence-corrected chi connectivity index (χ2v) is 6.16. The normalized spacial score (nSPS) is 19.7. The third-order valence-corrected chi connectivity index (χ3v) is 4.54. The molecule has 1 aliphatic rings. The summed E-state index contributed by atoms with van der Waals surface area (Å²) < 4.78 is 28.0. The molecule has 0 aromatic carbocycles. The summed E-state index contributed by atoms with van der Waals surface area (Å²) in [6.07, 6.45) is 4.92. The molecule has 1 saturated heterocycles. The van der Waals surface area contributed by atoms with Crippen LogP contribution < -0.4 is 10.5 Å². The Hall–Kier alpha value is -0.860. The van der Waals surface area contributed by atoms with Crippen LogP contribution in [0.15, 0.2) is 5.16 Å². The summed E-state index contributed by atoms with van der Waals surface area (Å²) in [6.45, 7) is 1.49. The van der Waals surface area contributed by atoms with Gasteiger partial charge in [0.25, 0.3) is 10.2 Å². The Morgan fingerprint density at radius 2 is 1.89 bits per heavy atom. The molecule has 8 heteroatoms. The largest absolute Gasteiger partial charge is 0.409 e. The van der Waals surface area contributed by atoms with Gasteiger partial charge in [0.1, 0.15) is 5.84 Å². The van der Waals surface area contributed by atoms with Crippen LogP contribution in [0.4, 0.5) is 0 Å². The lowest BCUT2D eigenvalue weighted by molar-refractivity contribution is 0.316. The minimum Gasteiger partial charge on any atom is -0.409 e. The van der Waals surface area contributed by atoms with Gasteiger partial charge in [-0.1, -0.05) is 18.0 Å². The van der Waals surface area contributed by atoms with E-state index in [-0.39, 0.29) is 5.84 Å². The van der Waals surface area contributed by atoms with Gasteiger partial charge in [-0.25, -0.2) is 4.72 Å². The van der Waals surface area contributed by atoms with Gasteiger partial charge in [-0.05, 0) is 19.3 Å². The van der Waals surface area contributed by atoms with E-state index < -0.39 is 10.2 Å². The van der Waals surface area contributed by atoms with Crippen LogP contribution in [0.2, 0.25) is 0 Å². The van der Waals surface area contributed by atoms with Gasteiger partial charge in [-0.15, -0.1) is 0 Å². The van der Waals surface area contributed by atoms with Crippen LogP contribution >= 0.6 is 0 Å². The van der Waals surface area contributed by atoms with Crippen molar-refractivity contribution in [3.05, 3.63) is 0 Å². The Bertz CT molecular complexity index is 361. The lowest BCUT2D eigenvalue weighted by Crippen LogP contribution is -2.41. The Balaban J connectivity index is 2.34. The SMILES string of the molecule is NC(CCCNS(=O)(=O)N1CCCCCC1)=NO. The first-order valence-electron chi connectivity index (χ1n) is 6.27. The third kappa shape index (κ3) is 5.19. The van der Waals surface area contributed by atoms with Crippen molar-refractivity contribution in [3.63, 3.8) is 0 Å². The van der Waals surface area contributed by atoms with Crippen molar-refractivity contribution < 1.29 is 13.6 Å². The number of nitrogens with zero attached hydrogens (tertiary/aromatic N) is 2. The van der Waals surface area contributed by atoms with Crippen LogP contribution in [0, 0.1) is 0 Å². The fourth-order valence-electron chi connectivity index (χ4n) is 1.89. The van der Waals surface area contributed by atoms with Crippen LogP contribution in [0.1, 0.15) is 38.5 Å². The highest BCUT2D eigenvalue weighted by Crippen LogP contribution is 2.12. The molecule has 0 amide bonds. The first kappa shape index (κ1) is 15.2. The summed E-state index contributed by atoms with van der Waals surface area (Å²) in [6, 6.07) is 0.